The Morgan fingerprint density at radius 1 is 1.42 bits per heavy atom. The molecular formula is C17H25N3O4. The number of carbonyl (C=O) groups excluding carboxylic acids is 1. The van der Waals surface area contributed by atoms with Gasteiger partial charge in [-0.15, -0.1) is 0 Å². The minimum atomic E-state index is -0.234. The lowest BCUT2D eigenvalue weighted by molar-refractivity contribution is -0.140. The molecule has 1 aliphatic heterocycles. The first-order chi connectivity index (χ1) is 11.6. The van der Waals surface area contributed by atoms with Gasteiger partial charge in [0.05, 0.1) is 23.4 Å². The van der Waals surface area contributed by atoms with Gasteiger partial charge in [0, 0.05) is 39.7 Å². The Hall–Kier alpha value is -1.73. The van der Waals surface area contributed by atoms with Crippen LogP contribution >= 0.6 is 0 Å². The molecule has 0 spiro atoms. The van der Waals surface area contributed by atoms with Crippen molar-refractivity contribution in [3.8, 4) is 0 Å². The van der Waals surface area contributed by atoms with Crippen LogP contribution in [0.4, 0.5) is 0 Å². The van der Waals surface area contributed by atoms with Gasteiger partial charge in [0.1, 0.15) is 0 Å². The molecule has 7 heteroatoms. The summed E-state index contributed by atoms with van der Waals surface area (Å²) < 4.78 is 11.4. The van der Waals surface area contributed by atoms with E-state index in [0.29, 0.717) is 12.8 Å². The maximum Gasteiger partial charge on any atom is 0.264 e. The summed E-state index contributed by atoms with van der Waals surface area (Å²) in [4.78, 5) is 25.7. The number of ether oxygens (including phenoxy) is 2. The van der Waals surface area contributed by atoms with Crippen LogP contribution in [0.25, 0.3) is 0 Å². The number of rotatable bonds is 5. The summed E-state index contributed by atoms with van der Waals surface area (Å²) in [7, 11) is 3.48. The molecule has 2 fully saturated rings. The van der Waals surface area contributed by atoms with E-state index < -0.39 is 0 Å². The summed E-state index contributed by atoms with van der Waals surface area (Å²) in [5.41, 5.74) is 0.266. The molecule has 0 unspecified atom stereocenters. The third kappa shape index (κ3) is 3.23. The highest BCUT2D eigenvalue weighted by Gasteiger charge is 2.52. The molecule has 1 aliphatic carbocycles. The Morgan fingerprint density at radius 3 is 2.92 bits per heavy atom. The maximum absolute atomic E-state index is 12.7. The van der Waals surface area contributed by atoms with E-state index in [4.69, 9.17) is 9.47 Å². The molecule has 1 N–H and O–H groups in total. The van der Waals surface area contributed by atoms with E-state index in [0.717, 1.165) is 37.9 Å². The smallest absolute Gasteiger partial charge is 0.264 e. The first-order valence-electron chi connectivity index (χ1n) is 8.50. The highest BCUT2D eigenvalue weighted by Crippen LogP contribution is 2.43. The quantitative estimate of drug-likeness (QED) is 0.864. The van der Waals surface area contributed by atoms with Crippen molar-refractivity contribution < 1.29 is 14.3 Å². The summed E-state index contributed by atoms with van der Waals surface area (Å²) >= 11 is 0. The number of hydrogen-bond donors (Lipinski definition) is 1. The van der Waals surface area contributed by atoms with Gasteiger partial charge >= 0.3 is 0 Å². The molecule has 132 valence electrons. The molecular weight excluding hydrogens is 310 g/mol. The summed E-state index contributed by atoms with van der Waals surface area (Å²) in [5, 5.41) is 6.36. The molecule has 1 saturated heterocycles. The number of likely N-dealkylation sites (tertiary alicyclic amines) is 1. The highest BCUT2D eigenvalue weighted by atomic mass is 16.5. The van der Waals surface area contributed by atoms with Gasteiger partial charge in [0.2, 0.25) is 5.91 Å². The van der Waals surface area contributed by atoms with Crippen molar-refractivity contribution in [1.82, 2.24) is 15.1 Å². The van der Waals surface area contributed by atoms with Gasteiger partial charge in [0.15, 0.2) is 0 Å². The van der Waals surface area contributed by atoms with Crippen LogP contribution in [0.1, 0.15) is 37.8 Å². The SMILES string of the molecule is CO[C@H]1CC[C@@]2(OC)CCN(C(=O)CCc3ccc(=O)[nH]n3)[C@H]2C1. The minimum absolute atomic E-state index is 0.0808. The van der Waals surface area contributed by atoms with Crippen molar-refractivity contribution in [1.29, 1.82) is 0 Å². The van der Waals surface area contributed by atoms with Gasteiger partial charge in [-0.25, -0.2) is 5.10 Å². The van der Waals surface area contributed by atoms with Crippen LogP contribution in [0.2, 0.25) is 0 Å². The molecule has 0 aromatic carbocycles. The number of fused-ring (bicyclic) bond motifs is 1. The zero-order valence-corrected chi connectivity index (χ0v) is 14.3. The van der Waals surface area contributed by atoms with Crippen LogP contribution in [-0.4, -0.2) is 59.5 Å². The first-order valence-corrected chi connectivity index (χ1v) is 8.50. The lowest BCUT2D eigenvalue weighted by Gasteiger charge is -2.43. The molecule has 2 aliphatic rings. The number of nitrogens with one attached hydrogen (secondary N) is 1. The standard InChI is InChI=1S/C17H25N3O4/c1-23-13-7-8-17(24-2)9-10-20(14(17)11-13)16(22)6-4-12-3-5-15(21)19-18-12/h3,5,13-14H,4,6-11H2,1-2H3,(H,19,21)/t13-,14-,17+/m0/s1. The van der Waals surface area contributed by atoms with Gasteiger partial charge in [0.25, 0.3) is 5.56 Å². The molecule has 7 nitrogen and oxygen atoms in total. The zero-order valence-electron chi connectivity index (χ0n) is 14.3. The predicted octanol–water partition coefficient (Wildman–Crippen LogP) is 0.888. The predicted molar refractivity (Wildman–Crippen MR) is 87.7 cm³/mol. The molecule has 3 atom stereocenters. The fraction of sp³-hybridized carbons (Fsp3) is 0.706. The van der Waals surface area contributed by atoms with E-state index in [-0.39, 0.29) is 29.2 Å². The Bertz CT molecular complexity index is 626. The Labute approximate surface area is 141 Å². The molecule has 1 aromatic heterocycles. The maximum atomic E-state index is 12.7. The Kier molecular flexibility index (Phi) is 5.01. The molecule has 0 radical (unpaired) electrons. The normalized spacial score (nSPS) is 29.5. The first kappa shape index (κ1) is 17.1. The lowest BCUT2D eigenvalue weighted by Crippen LogP contribution is -2.53. The van der Waals surface area contributed by atoms with Crippen LogP contribution in [-0.2, 0) is 20.7 Å². The zero-order chi connectivity index (χ0) is 17.2. The van der Waals surface area contributed by atoms with Crippen molar-refractivity contribution in [3.63, 3.8) is 0 Å². The number of hydrogen-bond acceptors (Lipinski definition) is 5. The van der Waals surface area contributed by atoms with Gasteiger partial charge in [-0.1, -0.05) is 0 Å². The molecule has 1 aromatic rings. The van der Waals surface area contributed by atoms with Crippen molar-refractivity contribution in [2.75, 3.05) is 20.8 Å². The van der Waals surface area contributed by atoms with E-state index in [1.807, 2.05) is 4.90 Å². The average Bonchev–Trinajstić information content (AvgIpc) is 3.00. The molecule has 1 saturated carbocycles. The van der Waals surface area contributed by atoms with Crippen LogP contribution < -0.4 is 5.56 Å². The van der Waals surface area contributed by atoms with Crippen molar-refractivity contribution in [3.05, 3.63) is 28.2 Å². The molecule has 24 heavy (non-hydrogen) atoms. The van der Waals surface area contributed by atoms with E-state index in [9.17, 15) is 9.59 Å². The number of aromatic amines is 1. The Morgan fingerprint density at radius 2 is 2.25 bits per heavy atom. The minimum Gasteiger partial charge on any atom is -0.381 e. The second kappa shape index (κ2) is 7.03. The number of aromatic nitrogens is 2. The van der Waals surface area contributed by atoms with Gasteiger partial charge in [-0.2, -0.15) is 5.10 Å². The van der Waals surface area contributed by atoms with Crippen molar-refractivity contribution in [2.24, 2.45) is 0 Å². The number of carbonyl (C=O) groups is 1. The van der Waals surface area contributed by atoms with Crippen molar-refractivity contribution >= 4 is 5.91 Å². The molecule has 2 heterocycles. The number of nitrogens with zero attached hydrogens (tertiary/aromatic N) is 2. The second-order valence-corrected chi connectivity index (χ2v) is 6.67. The summed E-state index contributed by atoms with van der Waals surface area (Å²) in [6.45, 7) is 0.729. The van der Waals surface area contributed by atoms with Crippen molar-refractivity contribution in [2.45, 2.75) is 56.3 Å². The summed E-state index contributed by atoms with van der Waals surface area (Å²) in [5.74, 6) is 0.115. The monoisotopic (exact) mass is 335 g/mol. The average molecular weight is 335 g/mol. The van der Waals surface area contributed by atoms with Crippen LogP contribution in [0.5, 0.6) is 0 Å². The lowest BCUT2D eigenvalue weighted by atomic mass is 9.79. The highest BCUT2D eigenvalue weighted by molar-refractivity contribution is 5.77. The van der Waals surface area contributed by atoms with E-state index in [1.165, 1.54) is 6.07 Å². The fourth-order valence-electron chi connectivity index (χ4n) is 4.07. The largest absolute Gasteiger partial charge is 0.381 e. The van der Waals surface area contributed by atoms with Crippen LogP contribution in [0.15, 0.2) is 16.9 Å². The van der Waals surface area contributed by atoms with Gasteiger partial charge in [-0.3, -0.25) is 9.59 Å². The Balaban J connectivity index is 1.65. The number of amides is 1. The summed E-state index contributed by atoms with van der Waals surface area (Å²) in [6.07, 6.45) is 4.70. The van der Waals surface area contributed by atoms with Crippen LogP contribution in [0, 0.1) is 0 Å². The topological polar surface area (TPSA) is 84.5 Å². The molecule has 1 amide bonds. The third-order valence-corrected chi connectivity index (χ3v) is 5.53. The number of methoxy groups -OCH3 is 2. The fourth-order valence-corrected chi connectivity index (χ4v) is 4.07. The molecule has 0 bridgehead atoms. The van der Waals surface area contributed by atoms with E-state index >= 15 is 0 Å². The van der Waals surface area contributed by atoms with Crippen LogP contribution in [0.3, 0.4) is 0 Å². The summed E-state index contributed by atoms with van der Waals surface area (Å²) in [6, 6.07) is 3.18. The van der Waals surface area contributed by atoms with Gasteiger partial charge < -0.3 is 14.4 Å². The number of H-pyrrole nitrogens is 1. The van der Waals surface area contributed by atoms with Gasteiger partial charge in [-0.05, 0) is 31.7 Å². The molecule has 3 rings (SSSR count). The third-order valence-electron chi connectivity index (χ3n) is 5.53. The number of aryl methyl sites for hydroxylation is 1. The van der Waals surface area contributed by atoms with E-state index in [2.05, 4.69) is 10.2 Å². The second-order valence-electron chi connectivity index (χ2n) is 6.67. The van der Waals surface area contributed by atoms with E-state index in [1.54, 1.807) is 20.3 Å².